The third kappa shape index (κ3) is 4.80. The summed E-state index contributed by atoms with van der Waals surface area (Å²) < 4.78 is 13.5. The van der Waals surface area contributed by atoms with Gasteiger partial charge in [0.15, 0.2) is 0 Å². The Kier molecular flexibility index (Phi) is 5.56. The summed E-state index contributed by atoms with van der Waals surface area (Å²) in [5.74, 6) is -1.58. The molecule has 0 spiro atoms. The summed E-state index contributed by atoms with van der Waals surface area (Å²) in [5.41, 5.74) is 0.824. The van der Waals surface area contributed by atoms with E-state index in [4.69, 9.17) is 0 Å². The van der Waals surface area contributed by atoms with Gasteiger partial charge in [0, 0.05) is 5.92 Å². The molecule has 0 aromatic heterocycles. The molecule has 0 radical (unpaired) electrons. The molecule has 1 aliphatic carbocycles. The molecule has 1 saturated carbocycles. The molecule has 0 aliphatic heterocycles. The zero-order valence-electron chi connectivity index (χ0n) is 12.3. The van der Waals surface area contributed by atoms with Gasteiger partial charge in [0.25, 0.3) is 0 Å². The molecule has 22 heavy (non-hydrogen) atoms. The molecule has 1 aromatic carbocycles. The predicted molar refractivity (Wildman–Crippen MR) is 83.9 cm³/mol. The second-order valence-electron chi connectivity index (χ2n) is 5.93. The van der Waals surface area contributed by atoms with Crippen molar-refractivity contribution >= 4 is 27.8 Å². The van der Waals surface area contributed by atoms with Crippen LogP contribution in [-0.2, 0) is 16.0 Å². The van der Waals surface area contributed by atoms with E-state index >= 15 is 0 Å². The average molecular weight is 372 g/mol. The van der Waals surface area contributed by atoms with Gasteiger partial charge in [-0.2, -0.15) is 0 Å². The van der Waals surface area contributed by atoms with Gasteiger partial charge < -0.3 is 10.4 Å². The van der Waals surface area contributed by atoms with Crippen molar-refractivity contribution in [2.24, 2.45) is 11.8 Å². The van der Waals surface area contributed by atoms with Gasteiger partial charge >= 0.3 is 5.97 Å². The number of carboxylic acids is 1. The van der Waals surface area contributed by atoms with Crippen molar-refractivity contribution < 1.29 is 19.1 Å². The standard InChI is InChI=1S/C16H19BrFNO3/c1-9(6-11-4-5-13(18)12(17)7-11)15(20)19-14(16(21)22)8-10-2-3-10/h4-5,7,9-10,14H,2-3,6,8H2,1H3,(H,19,20)(H,21,22). The number of hydrogen-bond acceptors (Lipinski definition) is 2. The molecular formula is C16H19BrFNO3. The molecule has 0 heterocycles. The number of benzene rings is 1. The number of carboxylic acid groups (broad SMARTS) is 1. The molecule has 1 aromatic rings. The van der Waals surface area contributed by atoms with E-state index in [0.29, 0.717) is 23.2 Å². The first-order chi connectivity index (χ1) is 10.4. The number of carbonyl (C=O) groups excluding carboxylic acids is 1. The van der Waals surface area contributed by atoms with Crippen LogP contribution in [-0.4, -0.2) is 23.0 Å². The molecule has 1 fully saturated rings. The van der Waals surface area contributed by atoms with Gasteiger partial charge in [0.2, 0.25) is 5.91 Å². The summed E-state index contributed by atoms with van der Waals surface area (Å²) >= 11 is 3.11. The fraction of sp³-hybridized carbons (Fsp3) is 0.500. The summed E-state index contributed by atoms with van der Waals surface area (Å²) in [6, 6.07) is 3.79. The Labute approximate surface area is 137 Å². The van der Waals surface area contributed by atoms with E-state index in [1.54, 1.807) is 19.1 Å². The maximum Gasteiger partial charge on any atom is 0.326 e. The normalized spacial score (nSPS) is 16.9. The van der Waals surface area contributed by atoms with Crippen molar-refractivity contribution in [1.29, 1.82) is 0 Å². The van der Waals surface area contributed by atoms with Crippen molar-refractivity contribution in [3.63, 3.8) is 0 Å². The lowest BCUT2D eigenvalue weighted by molar-refractivity contribution is -0.142. The molecule has 2 rings (SSSR count). The number of rotatable bonds is 7. The summed E-state index contributed by atoms with van der Waals surface area (Å²) in [4.78, 5) is 23.4. The maximum atomic E-state index is 13.2. The Balaban J connectivity index is 1.92. The molecule has 1 aliphatic rings. The first-order valence-corrected chi connectivity index (χ1v) is 8.13. The molecule has 120 valence electrons. The molecule has 2 N–H and O–H groups in total. The minimum atomic E-state index is -0.989. The Bertz CT molecular complexity index is 575. The van der Waals surface area contributed by atoms with Crippen LogP contribution in [0, 0.1) is 17.7 Å². The molecule has 1 amide bonds. The van der Waals surface area contributed by atoms with Crippen molar-refractivity contribution in [1.82, 2.24) is 5.32 Å². The molecule has 4 nitrogen and oxygen atoms in total. The van der Waals surface area contributed by atoms with Crippen molar-refractivity contribution in [2.45, 2.75) is 38.6 Å². The highest BCUT2D eigenvalue weighted by Crippen LogP contribution is 2.33. The van der Waals surface area contributed by atoms with Gasteiger partial charge in [-0.25, -0.2) is 9.18 Å². The van der Waals surface area contributed by atoms with Gasteiger partial charge in [-0.1, -0.05) is 25.8 Å². The Morgan fingerprint density at radius 3 is 2.68 bits per heavy atom. The van der Waals surface area contributed by atoms with Crippen molar-refractivity contribution in [3.8, 4) is 0 Å². The maximum absolute atomic E-state index is 13.2. The summed E-state index contributed by atoms with van der Waals surface area (Å²) in [5, 5.41) is 11.8. The van der Waals surface area contributed by atoms with E-state index in [2.05, 4.69) is 21.2 Å². The molecular weight excluding hydrogens is 353 g/mol. The van der Waals surface area contributed by atoms with Crippen LogP contribution in [0.5, 0.6) is 0 Å². The molecule has 2 unspecified atom stereocenters. The van der Waals surface area contributed by atoms with Crippen LogP contribution in [0.25, 0.3) is 0 Å². The third-order valence-corrected chi connectivity index (χ3v) is 4.46. The molecule has 0 bridgehead atoms. The van der Waals surface area contributed by atoms with Gasteiger partial charge in [0.05, 0.1) is 4.47 Å². The van der Waals surface area contributed by atoms with E-state index in [9.17, 15) is 19.1 Å². The second-order valence-corrected chi connectivity index (χ2v) is 6.79. The van der Waals surface area contributed by atoms with Crippen LogP contribution in [0.3, 0.4) is 0 Å². The minimum Gasteiger partial charge on any atom is -0.480 e. The lowest BCUT2D eigenvalue weighted by Gasteiger charge is -2.18. The zero-order valence-corrected chi connectivity index (χ0v) is 13.9. The fourth-order valence-corrected chi connectivity index (χ4v) is 2.76. The average Bonchev–Trinajstić information content (AvgIpc) is 3.26. The van der Waals surface area contributed by atoms with Gasteiger partial charge in [-0.3, -0.25) is 4.79 Å². The van der Waals surface area contributed by atoms with E-state index in [-0.39, 0.29) is 17.6 Å². The number of carbonyl (C=O) groups is 2. The predicted octanol–water partition coefficient (Wildman–Crippen LogP) is 3.14. The summed E-state index contributed by atoms with van der Waals surface area (Å²) in [7, 11) is 0. The SMILES string of the molecule is CC(Cc1ccc(F)c(Br)c1)C(=O)NC(CC1CC1)C(=O)O. The van der Waals surface area contributed by atoms with Crippen LogP contribution in [0.1, 0.15) is 31.7 Å². The van der Waals surface area contributed by atoms with Crippen LogP contribution < -0.4 is 5.32 Å². The Morgan fingerprint density at radius 2 is 2.14 bits per heavy atom. The van der Waals surface area contributed by atoms with E-state index < -0.39 is 12.0 Å². The van der Waals surface area contributed by atoms with Gasteiger partial charge in [-0.15, -0.1) is 0 Å². The summed E-state index contributed by atoms with van der Waals surface area (Å²) in [6.45, 7) is 1.74. The fourth-order valence-electron chi connectivity index (χ4n) is 2.34. The highest BCUT2D eigenvalue weighted by atomic mass is 79.9. The lowest BCUT2D eigenvalue weighted by atomic mass is 9.99. The summed E-state index contributed by atoms with van der Waals surface area (Å²) in [6.07, 6.45) is 3.01. The molecule has 0 saturated heterocycles. The molecule has 2 atom stereocenters. The number of hydrogen-bond donors (Lipinski definition) is 2. The topological polar surface area (TPSA) is 66.4 Å². The van der Waals surface area contributed by atoms with Crippen LogP contribution in [0.15, 0.2) is 22.7 Å². The number of aliphatic carboxylic acids is 1. The zero-order chi connectivity index (χ0) is 16.3. The van der Waals surface area contributed by atoms with Crippen molar-refractivity contribution in [3.05, 3.63) is 34.1 Å². The van der Waals surface area contributed by atoms with E-state index in [1.807, 2.05) is 0 Å². The highest BCUT2D eigenvalue weighted by molar-refractivity contribution is 9.10. The second kappa shape index (κ2) is 7.22. The van der Waals surface area contributed by atoms with Gasteiger partial charge in [-0.05, 0) is 52.4 Å². The monoisotopic (exact) mass is 371 g/mol. The lowest BCUT2D eigenvalue weighted by Crippen LogP contribution is -2.43. The highest BCUT2D eigenvalue weighted by Gasteiger charge is 2.31. The third-order valence-electron chi connectivity index (χ3n) is 3.85. The smallest absolute Gasteiger partial charge is 0.326 e. The first kappa shape index (κ1) is 16.9. The Hall–Kier alpha value is -1.43. The largest absolute Gasteiger partial charge is 0.480 e. The Morgan fingerprint density at radius 1 is 1.45 bits per heavy atom. The first-order valence-electron chi connectivity index (χ1n) is 7.34. The van der Waals surface area contributed by atoms with Crippen LogP contribution in [0.2, 0.25) is 0 Å². The number of nitrogens with one attached hydrogen (secondary N) is 1. The van der Waals surface area contributed by atoms with E-state index in [1.165, 1.54) is 6.07 Å². The number of halogens is 2. The van der Waals surface area contributed by atoms with Crippen LogP contribution >= 0.6 is 15.9 Å². The van der Waals surface area contributed by atoms with E-state index in [0.717, 1.165) is 18.4 Å². The van der Waals surface area contributed by atoms with Crippen LogP contribution in [0.4, 0.5) is 4.39 Å². The van der Waals surface area contributed by atoms with Crippen molar-refractivity contribution in [2.75, 3.05) is 0 Å². The minimum absolute atomic E-state index is 0.284. The number of amides is 1. The van der Waals surface area contributed by atoms with Gasteiger partial charge in [0.1, 0.15) is 11.9 Å². The molecule has 6 heteroatoms. The quantitative estimate of drug-likeness (QED) is 0.773.